The Bertz CT molecular complexity index is 788. The van der Waals surface area contributed by atoms with Gasteiger partial charge >= 0.3 is 0 Å². The predicted octanol–water partition coefficient (Wildman–Crippen LogP) is 3.99. The summed E-state index contributed by atoms with van der Waals surface area (Å²) in [6.07, 6.45) is 3.57. The second-order valence-electron chi connectivity index (χ2n) is 9.18. The van der Waals surface area contributed by atoms with Crippen LogP contribution in [0.2, 0.25) is 0 Å². The number of rotatable bonds is 9. The average molecular weight is 412 g/mol. The van der Waals surface area contributed by atoms with Gasteiger partial charge in [-0.1, -0.05) is 44.2 Å². The highest BCUT2D eigenvalue weighted by atomic mass is 16.5. The predicted molar refractivity (Wildman–Crippen MR) is 124 cm³/mol. The van der Waals surface area contributed by atoms with E-state index in [-0.39, 0.29) is 5.41 Å². The van der Waals surface area contributed by atoms with Crippen molar-refractivity contribution in [3.8, 4) is 5.75 Å². The van der Waals surface area contributed by atoms with E-state index in [1.807, 2.05) is 0 Å². The Hall–Kier alpha value is -2.04. The Balaban J connectivity index is 1.70. The molecule has 2 aromatic carbocycles. The van der Waals surface area contributed by atoms with E-state index < -0.39 is 0 Å². The number of benzene rings is 2. The van der Waals surface area contributed by atoms with Crippen LogP contribution in [0, 0.1) is 5.92 Å². The third-order valence-electron chi connectivity index (χ3n) is 6.59. The minimum absolute atomic E-state index is 0.116. The lowest BCUT2D eigenvalue weighted by Crippen LogP contribution is -2.83. The van der Waals surface area contributed by atoms with Crippen LogP contribution in [0.25, 0.3) is 0 Å². The van der Waals surface area contributed by atoms with E-state index in [0.717, 1.165) is 44.7 Å². The minimum Gasteiger partial charge on any atom is -0.496 e. The first-order chi connectivity index (χ1) is 14.4. The molecule has 0 radical (unpaired) electrons. The monoisotopic (exact) mass is 411 g/mol. The topological polar surface area (TPSA) is 38.3 Å². The van der Waals surface area contributed by atoms with Crippen molar-refractivity contribution in [1.29, 1.82) is 0 Å². The number of nitrogens with zero attached hydrogens (tertiary/aromatic N) is 1. The number of methoxy groups -OCH3 is 1. The minimum atomic E-state index is 0.116. The van der Waals surface area contributed by atoms with E-state index in [0.29, 0.717) is 12.0 Å². The molecule has 3 rings (SSSR count). The normalized spacial score (nSPS) is 21.6. The van der Waals surface area contributed by atoms with Gasteiger partial charge in [-0.05, 0) is 37.0 Å². The third kappa shape index (κ3) is 5.35. The fourth-order valence-electron chi connectivity index (χ4n) is 4.65. The van der Waals surface area contributed by atoms with Crippen molar-refractivity contribution in [2.24, 2.45) is 5.92 Å². The first-order valence-electron chi connectivity index (χ1n) is 11.3. The van der Waals surface area contributed by atoms with Gasteiger partial charge in [0.25, 0.3) is 0 Å². The molecule has 2 N–H and O–H groups in total. The molecule has 2 aromatic rings. The van der Waals surface area contributed by atoms with Gasteiger partial charge in [0.05, 0.1) is 19.8 Å². The van der Waals surface area contributed by atoms with Crippen LogP contribution in [0.4, 0.5) is 5.69 Å². The van der Waals surface area contributed by atoms with Gasteiger partial charge in [0.2, 0.25) is 0 Å². The van der Waals surface area contributed by atoms with Crippen LogP contribution in [0.15, 0.2) is 48.5 Å². The summed E-state index contributed by atoms with van der Waals surface area (Å²) in [6, 6.07) is 17.5. The van der Waals surface area contributed by atoms with E-state index in [9.17, 15) is 0 Å². The van der Waals surface area contributed by atoms with Gasteiger partial charge < -0.3 is 19.7 Å². The van der Waals surface area contributed by atoms with Gasteiger partial charge in [-0.3, -0.25) is 0 Å². The maximum Gasteiger partial charge on any atom is 0.122 e. The summed E-state index contributed by atoms with van der Waals surface area (Å²) < 4.78 is 11.9. The van der Waals surface area contributed by atoms with Crippen molar-refractivity contribution in [2.75, 3.05) is 39.3 Å². The van der Waals surface area contributed by atoms with E-state index >= 15 is 0 Å². The molecule has 0 amide bonds. The number of hydrogen-bond donors (Lipinski definition) is 1. The molecule has 0 bridgehead atoms. The van der Waals surface area contributed by atoms with Gasteiger partial charge in [-0.2, -0.15) is 0 Å². The lowest BCUT2D eigenvalue weighted by Gasteiger charge is -2.43. The van der Waals surface area contributed by atoms with Gasteiger partial charge in [0, 0.05) is 49.4 Å². The number of anilines is 1. The van der Waals surface area contributed by atoms with Crippen molar-refractivity contribution >= 4 is 5.69 Å². The smallest absolute Gasteiger partial charge is 0.122 e. The van der Waals surface area contributed by atoms with E-state index in [2.05, 4.69) is 86.7 Å². The zero-order valence-corrected chi connectivity index (χ0v) is 19.4. The molecular weight excluding hydrogens is 372 g/mol. The largest absolute Gasteiger partial charge is 0.496 e. The Morgan fingerprint density at radius 2 is 1.87 bits per heavy atom. The zero-order valence-electron chi connectivity index (χ0n) is 19.4. The van der Waals surface area contributed by atoms with E-state index in [1.165, 1.54) is 16.8 Å². The summed E-state index contributed by atoms with van der Waals surface area (Å²) >= 11 is 0. The Morgan fingerprint density at radius 3 is 2.53 bits per heavy atom. The lowest BCUT2D eigenvalue weighted by atomic mass is 9.68. The van der Waals surface area contributed by atoms with Crippen LogP contribution in [0.5, 0.6) is 5.75 Å². The van der Waals surface area contributed by atoms with Crippen molar-refractivity contribution in [1.82, 2.24) is 0 Å². The fourth-order valence-corrected chi connectivity index (χ4v) is 4.65. The zero-order chi connectivity index (χ0) is 21.6. The Labute approximate surface area is 182 Å². The summed E-state index contributed by atoms with van der Waals surface area (Å²) in [5.41, 5.74) is 4.09. The van der Waals surface area contributed by atoms with E-state index in [1.54, 1.807) is 7.11 Å². The van der Waals surface area contributed by atoms with Crippen LogP contribution in [0.1, 0.15) is 44.2 Å². The van der Waals surface area contributed by atoms with Crippen LogP contribution < -0.4 is 15.0 Å². The summed E-state index contributed by atoms with van der Waals surface area (Å²) in [5.74, 6) is 1.54. The number of para-hydroxylation sites is 1. The quantitative estimate of drug-likeness (QED) is 0.634. The molecule has 1 saturated heterocycles. The van der Waals surface area contributed by atoms with Crippen LogP contribution in [0.3, 0.4) is 0 Å². The van der Waals surface area contributed by atoms with Crippen molar-refractivity contribution in [3.05, 3.63) is 59.7 Å². The van der Waals surface area contributed by atoms with Gasteiger partial charge in [0.15, 0.2) is 0 Å². The van der Waals surface area contributed by atoms with Crippen LogP contribution in [-0.4, -0.2) is 40.5 Å². The highest BCUT2D eigenvalue weighted by molar-refractivity contribution is 5.45. The number of hydrogen-bond acceptors (Lipinski definition) is 3. The van der Waals surface area contributed by atoms with Gasteiger partial charge in [0.1, 0.15) is 12.3 Å². The average Bonchev–Trinajstić information content (AvgIpc) is 2.77. The summed E-state index contributed by atoms with van der Waals surface area (Å²) in [4.78, 5) is 2.14. The van der Waals surface area contributed by atoms with E-state index in [4.69, 9.17) is 9.47 Å². The molecule has 0 aliphatic carbocycles. The Kier molecular flexibility index (Phi) is 7.79. The van der Waals surface area contributed by atoms with Crippen molar-refractivity contribution in [3.63, 3.8) is 0 Å². The third-order valence-corrected chi connectivity index (χ3v) is 6.59. The molecule has 4 nitrogen and oxygen atoms in total. The molecule has 30 heavy (non-hydrogen) atoms. The summed E-state index contributed by atoms with van der Waals surface area (Å²) in [7, 11) is 5.95. The lowest BCUT2D eigenvalue weighted by molar-refractivity contribution is -0.671. The second kappa shape index (κ2) is 10.3. The highest BCUT2D eigenvalue weighted by Gasteiger charge is 2.41. The first kappa shape index (κ1) is 22.6. The van der Waals surface area contributed by atoms with Crippen LogP contribution in [-0.2, 0) is 16.7 Å². The molecule has 1 aliphatic rings. The number of nitrogens with two attached hydrogens (primary N) is 1. The standard InChI is InChI=1S/C26H38N2O2/c1-20(2)25-18-26(15-17-30-25,23-8-6-7-9-24(23)29-5)14-16-27-19-21-10-12-22(13-11-21)28(3)4/h6-13,20,25,27H,14-19H2,1-5H3/p+1/t25-,26-/m0/s1. The maximum absolute atomic E-state index is 6.14. The van der Waals surface area contributed by atoms with Gasteiger partial charge in [-0.15, -0.1) is 0 Å². The van der Waals surface area contributed by atoms with Crippen LogP contribution >= 0.6 is 0 Å². The molecule has 1 heterocycles. The first-order valence-corrected chi connectivity index (χ1v) is 11.3. The molecular formula is C26H39N2O2+. The molecule has 1 aliphatic heterocycles. The number of quaternary nitrogens is 1. The molecule has 1 fully saturated rings. The molecule has 0 saturated carbocycles. The summed E-state index contributed by atoms with van der Waals surface area (Å²) in [6.45, 7) is 7.48. The fraction of sp³-hybridized carbons (Fsp3) is 0.538. The maximum atomic E-state index is 6.14. The Morgan fingerprint density at radius 1 is 1.13 bits per heavy atom. The molecule has 164 valence electrons. The molecule has 2 atom stereocenters. The van der Waals surface area contributed by atoms with Gasteiger partial charge in [-0.25, -0.2) is 0 Å². The molecule has 0 aromatic heterocycles. The highest BCUT2D eigenvalue weighted by Crippen LogP contribution is 2.44. The second-order valence-corrected chi connectivity index (χ2v) is 9.18. The molecule has 0 spiro atoms. The SMILES string of the molecule is COc1ccccc1[C@@]1(CC[NH2+]Cc2ccc(N(C)C)cc2)CCO[C@H](C(C)C)C1. The van der Waals surface area contributed by atoms with Crippen molar-refractivity contribution in [2.45, 2.75) is 51.2 Å². The molecule has 4 heteroatoms. The summed E-state index contributed by atoms with van der Waals surface area (Å²) in [5, 5.41) is 2.45. The van der Waals surface area contributed by atoms with Crippen molar-refractivity contribution < 1.29 is 14.8 Å². The molecule has 0 unspecified atom stereocenters. The number of ether oxygens (including phenoxy) is 2.